The summed E-state index contributed by atoms with van der Waals surface area (Å²) in [6.07, 6.45) is 0. The predicted octanol–water partition coefficient (Wildman–Crippen LogP) is -2.98. The van der Waals surface area contributed by atoms with Crippen LogP contribution in [0, 0.1) is 10.2 Å². The van der Waals surface area contributed by atoms with Gasteiger partial charge in [0.1, 0.15) is 32.0 Å². The number of rotatable bonds is 0. The van der Waals surface area contributed by atoms with E-state index in [1.807, 2.05) is 48.5 Å². The fourth-order valence-corrected chi connectivity index (χ4v) is 3.01. The van der Waals surface area contributed by atoms with E-state index in [0.717, 1.165) is 21.3 Å². The molecule has 6 nitrogen and oxygen atoms in total. The molecule has 3 rings (SSSR count). The SMILES string of the molecule is [NH2+]=S1c2ccccc2Oc2ccccc21.[O-][Cl+3]([O-])([O-])[O-]. The summed E-state index contributed by atoms with van der Waals surface area (Å²) in [5.74, 6) is 1.75. The van der Waals surface area contributed by atoms with Gasteiger partial charge in [-0.05, 0) is 24.3 Å². The van der Waals surface area contributed by atoms with Crippen LogP contribution in [0.3, 0.4) is 0 Å². The lowest BCUT2D eigenvalue weighted by atomic mass is 10.3. The zero-order valence-corrected chi connectivity index (χ0v) is 11.6. The van der Waals surface area contributed by atoms with Crippen LogP contribution in [0.1, 0.15) is 0 Å². The van der Waals surface area contributed by atoms with Crippen molar-refractivity contribution in [1.82, 2.24) is 0 Å². The highest BCUT2D eigenvalue weighted by atomic mass is 35.7. The van der Waals surface area contributed by atoms with Crippen LogP contribution in [0.4, 0.5) is 0 Å². The maximum atomic E-state index is 8.49. The average Bonchev–Trinajstić information content (AvgIpc) is 2.37. The van der Waals surface area contributed by atoms with Gasteiger partial charge in [0.05, 0.1) is 0 Å². The molecule has 1 heterocycles. The van der Waals surface area contributed by atoms with Crippen molar-refractivity contribution in [2.45, 2.75) is 9.79 Å². The monoisotopic (exact) mass is 315 g/mol. The van der Waals surface area contributed by atoms with Gasteiger partial charge >= 0.3 is 0 Å². The molecule has 0 fully saturated rings. The first-order valence-electron chi connectivity index (χ1n) is 5.32. The summed E-state index contributed by atoms with van der Waals surface area (Å²) in [7, 11) is -5.31. The molecule has 2 N–H and O–H groups in total. The fraction of sp³-hybridized carbons (Fsp3) is 0. The molecule has 0 saturated heterocycles. The Morgan fingerprint density at radius 1 is 0.800 bits per heavy atom. The van der Waals surface area contributed by atoms with Gasteiger partial charge in [-0.15, -0.1) is 10.2 Å². The first kappa shape index (κ1) is 14.9. The Morgan fingerprint density at radius 3 is 1.55 bits per heavy atom. The number of hydrogen-bond donors (Lipinski definition) is 1. The van der Waals surface area contributed by atoms with Crippen molar-refractivity contribution in [3.8, 4) is 11.5 Å². The number of benzene rings is 2. The van der Waals surface area contributed by atoms with Crippen LogP contribution < -0.4 is 28.2 Å². The van der Waals surface area contributed by atoms with Gasteiger partial charge in [-0.2, -0.15) is 0 Å². The van der Waals surface area contributed by atoms with Crippen LogP contribution in [-0.2, 0) is 10.7 Å². The number of halogens is 1. The zero-order valence-electron chi connectivity index (χ0n) is 10.0. The van der Waals surface area contributed by atoms with E-state index >= 15 is 0 Å². The molecule has 1 aliphatic rings. The van der Waals surface area contributed by atoms with Gasteiger partial charge in [0, 0.05) is 0 Å². The van der Waals surface area contributed by atoms with Gasteiger partial charge in [0.15, 0.2) is 0 Å². The molecule has 1 aliphatic heterocycles. The van der Waals surface area contributed by atoms with E-state index in [-0.39, 0.29) is 10.7 Å². The number of para-hydroxylation sites is 2. The largest absolute Gasteiger partial charge is 0.455 e. The summed E-state index contributed by atoms with van der Waals surface area (Å²) in [5.41, 5.74) is 0. The molecular weight excluding hydrogens is 306 g/mol. The molecule has 0 bridgehead atoms. The van der Waals surface area contributed by atoms with E-state index in [4.69, 9.17) is 28.2 Å². The summed E-state index contributed by atoms with van der Waals surface area (Å²) in [6, 6.07) is 15.9. The lowest BCUT2D eigenvalue weighted by molar-refractivity contribution is -2.00. The summed E-state index contributed by atoms with van der Waals surface area (Å²) in [4.78, 5) is 2.16. The topological polar surface area (TPSA) is 127 Å². The molecule has 0 saturated carbocycles. The van der Waals surface area contributed by atoms with E-state index in [1.165, 1.54) is 0 Å². The number of fused-ring (bicyclic) bond motifs is 2. The molecule has 0 aliphatic carbocycles. The summed E-state index contributed by atoms with van der Waals surface area (Å²) < 4.78 is 46.0. The number of nitrogens with two attached hydrogens (primary N) is 1. The van der Waals surface area contributed by atoms with Crippen LogP contribution in [0.15, 0.2) is 58.3 Å². The Morgan fingerprint density at radius 2 is 1.15 bits per heavy atom. The van der Waals surface area contributed by atoms with Crippen molar-refractivity contribution in [3.63, 3.8) is 0 Å². The quantitative estimate of drug-likeness (QED) is 0.473. The van der Waals surface area contributed by atoms with Gasteiger partial charge in [0.25, 0.3) is 0 Å². The molecule has 0 spiro atoms. The van der Waals surface area contributed by atoms with Crippen molar-refractivity contribution < 1.29 is 38.4 Å². The van der Waals surface area contributed by atoms with Gasteiger partial charge < -0.3 is 4.74 Å². The van der Waals surface area contributed by atoms with Gasteiger partial charge in [-0.3, -0.25) is 0 Å². The van der Waals surface area contributed by atoms with Crippen molar-refractivity contribution in [2.75, 3.05) is 0 Å². The van der Waals surface area contributed by atoms with Gasteiger partial charge in [-0.1, -0.05) is 24.3 Å². The molecule has 0 radical (unpaired) electrons. The van der Waals surface area contributed by atoms with Gasteiger partial charge in [0.2, 0.25) is 0 Å². The van der Waals surface area contributed by atoms with E-state index in [0.29, 0.717) is 0 Å². The summed E-state index contributed by atoms with van der Waals surface area (Å²) >= 11 is 0. The van der Waals surface area contributed by atoms with Crippen molar-refractivity contribution in [3.05, 3.63) is 48.5 Å². The van der Waals surface area contributed by atoms with Crippen molar-refractivity contribution >= 4 is 10.7 Å². The van der Waals surface area contributed by atoms with Crippen LogP contribution in [0.2, 0.25) is 0 Å². The second kappa shape index (κ2) is 5.88. The minimum Gasteiger partial charge on any atom is -0.455 e. The summed E-state index contributed by atoms with van der Waals surface area (Å²) in [5, 5.41) is 0. The zero-order chi connectivity index (χ0) is 14.8. The predicted molar refractivity (Wildman–Crippen MR) is 58.8 cm³/mol. The van der Waals surface area contributed by atoms with Crippen LogP contribution in [0.25, 0.3) is 0 Å². The van der Waals surface area contributed by atoms with E-state index in [1.54, 1.807) is 0 Å². The Kier molecular flexibility index (Phi) is 4.39. The Bertz CT molecular complexity index is 590. The molecule has 0 unspecified atom stereocenters. The van der Waals surface area contributed by atoms with E-state index in [9.17, 15) is 0 Å². The van der Waals surface area contributed by atoms with Crippen LogP contribution in [-0.4, -0.2) is 0 Å². The molecule has 0 atom stereocenters. The van der Waals surface area contributed by atoms with Crippen LogP contribution >= 0.6 is 0 Å². The highest BCUT2D eigenvalue weighted by molar-refractivity contribution is 7.84. The normalized spacial score (nSPS) is 13.4. The second-order valence-electron chi connectivity index (χ2n) is 3.71. The maximum absolute atomic E-state index is 8.49. The minimum absolute atomic E-state index is 0.365. The summed E-state index contributed by atoms with van der Waals surface area (Å²) in [6.45, 7) is 0. The first-order valence-corrected chi connectivity index (χ1v) is 7.85. The molecule has 0 aromatic heterocycles. The highest BCUT2D eigenvalue weighted by Gasteiger charge is 2.23. The minimum atomic E-state index is -4.94. The molecular formula is C12H10ClNO5S. The molecule has 0 amide bonds. The molecule has 20 heavy (non-hydrogen) atoms. The third kappa shape index (κ3) is 3.76. The molecule has 106 valence electrons. The smallest absolute Gasteiger partial charge is 0.146 e. The lowest BCUT2D eigenvalue weighted by Gasteiger charge is -2.17. The lowest BCUT2D eigenvalue weighted by Crippen LogP contribution is -2.68. The third-order valence-corrected chi connectivity index (χ3v) is 4.01. The standard InChI is InChI=1S/C12H9NOS.ClHO4/c13-15-11-7-3-1-5-9(11)14-10-6-2-4-8-12(10)15;2-1(3,4)5/h1-8,13H;(H,2,3,4,5). The molecule has 8 heteroatoms. The Balaban J connectivity index is 0.000000257. The highest BCUT2D eigenvalue weighted by Crippen LogP contribution is 2.38. The molecule has 2 aromatic rings. The fourth-order valence-electron chi connectivity index (χ4n) is 1.67. The average molecular weight is 316 g/mol. The number of ether oxygens (including phenoxy) is 1. The first-order chi connectivity index (χ1) is 9.36. The second-order valence-corrected chi connectivity index (χ2v) is 6.02. The van der Waals surface area contributed by atoms with Crippen molar-refractivity contribution in [1.29, 1.82) is 0 Å². The van der Waals surface area contributed by atoms with E-state index < -0.39 is 10.2 Å². The Hall–Kier alpha value is -1.48. The third-order valence-electron chi connectivity index (χ3n) is 2.39. The Labute approximate surface area is 119 Å². The van der Waals surface area contributed by atoms with E-state index in [2.05, 4.69) is 0 Å². The van der Waals surface area contributed by atoms with Gasteiger partial charge in [-0.25, -0.2) is 23.4 Å². The van der Waals surface area contributed by atoms with Crippen molar-refractivity contribution in [2.24, 2.45) is 0 Å². The number of hydrogen-bond acceptors (Lipinski definition) is 5. The molecule has 2 aromatic carbocycles. The maximum Gasteiger partial charge on any atom is 0.146 e. The van der Waals surface area contributed by atoms with Crippen LogP contribution in [0.5, 0.6) is 11.5 Å².